The molecule has 0 unspecified atom stereocenters. The molecule has 0 saturated heterocycles. The van der Waals surface area contributed by atoms with Gasteiger partial charge in [-0.2, -0.15) is 0 Å². The maximum Gasteiger partial charge on any atom is 0.344 e. The first-order chi connectivity index (χ1) is 14.6. The summed E-state index contributed by atoms with van der Waals surface area (Å²) in [6.07, 6.45) is 0. The molecule has 0 fully saturated rings. The van der Waals surface area contributed by atoms with Gasteiger partial charge in [-0.15, -0.1) is 0 Å². The van der Waals surface area contributed by atoms with Crippen LogP contribution in [0.1, 0.15) is 5.56 Å². The van der Waals surface area contributed by atoms with Crippen LogP contribution in [0.4, 0.5) is 4.39 Å². The zero-order valence-corrected chi connectivity index (χ0v) is 16.5. The predicted octanol–water partition coefficient (Wildman–Crippen LogP) is 5.20. The molecule has 30 heavy (non-hydrogen) atoms. The van der Waals surface area contributed by atoms with Crippen molar-refractivity contribution in [2.45, 2.75) is 6.61 Å². The van der Waals surface area contributed by atoms with Crippen LogP contribution in [-0.4, -0.2) is 14.2 Å². The maximum atomic E-state index is 13.3. The third-order valence-corrected chi connectivity index (χ3v) is 4.70. The fourth-order valence-electron chi connectivity index (χ4n) is 3.19. The van der Waals surface area contributed by atoms with Gasteiger partial charge in [0, 0.05) is 17.0 Å². The first kappa shape index (κ1) is 19.5. The van der Waals surface area contributed by atoms with Crippen molar-refractivity contribution >= 4 is 11.0 Å². The van der Waals surface area contributed by atoms with Crippen molar-refractivity contribution in [3.05, 3.63) is 88.5 Å². The fraction of sp³-hybridized carbons (Fsp3) is 0.125. The standard InChI is InChI=1S/C24H19FO5/c1-27-18-8-9-22(28-2)20(12-18)21-11-16-6-7-19(13-23(16)30-24(21)26)29-14-15-4-3-5-17(25)10-15/h3-13H,14H2,1-2H3. The van der Waals surface area contributed by atoms with Crippen LogP contribution in [0.5, 0.6) is 17.2 Å². The summed E-state index contributed by atoms with van der Waals surface area (Å²) in [5, 5.41) is 0.729. The van der Waals surface area contributed by atoms with Crippen molar-refractivity contribution in [3.8, 4) is 28.4 Å². The number of fused-ring (bicyclic) bond motifs is 1. The van der Waals surface area contributed by atoms with Gasteiger partial charge in [-0.1, -0.05) is 12.1 Å². The smallest absolute Gasteiger partial charge is 0.344 e. The summed E-state index contributed by atoms with van der Waals surface area (Å²) >= 11 is 0. The minimum absolute atomic E-state index is 0.201. The lowest BCUT2D eigenvalue weighted by Crippen LogP contribution is -2.04. The van der Waals surface area contributed by atoms with E-state index in [0.717, 1.165) is 5.39 Å². The highest BCUT2D eigenvalue weighted by Gasteiger charge is 2.14. The second-order valence-corrected chi connectivity index (χ2v) is 6.63. The van der Waals surface area contributed by atoms with Gasteiger partial charge in [-0.05, 0) is 54.1 Å². The Balaban J connectivity index is 1.67. The predicted molar refractivity (Wildman–Crippen MR) is 112 cm³/mol. The molecule has 3 aromatic carbocycles. The Bertz CT molecular complexity index is 1260. The fourth-order valence-corrected chi connectivity index (χ4v) is 3.19. The molecule has 0 saturated carbocycles. The molecule has 6 heteroatoms. The summed E-state index contributed by atoms with van der Waals surface area (Å²) in [7, 11) is 3.09. The van der Waals surface area contributed by atoms with Gasteiger partial charge >= 0.3 is 5.63 Å². The van der Waals surface area contributed by atoms with Gasteiger partial charge in [0.2, 0.25) is 0 Å². The molecule has 1 heterocycles. The third-order valence-electron chi connectivity index (χ3n) is 4.70. The van der Waals surface area contributed by atoms with E-state index in [4.69, 9.17) is 18.6 Å². The molecule has 0 N–H and O–H groups in total. The zero-order chi connectivity index (χ0) is 21.1. The first-order valence-corrected chi connectivity index (χ1v) is 9.25. The Morgan fingerprint density at radius 3 is 2.47 bits per heavy atom. The highest BCUT2D eigenvalue weighted by atomic mass is 19.1. The van der Waals surface area contributed by atoms with Gasteiger partial charge in [0.15, 0.2) is 0 Å². The molecule has 0 aliphatic carbocycles. The van der Waals surface area contributed by atoms with E-state index >= 15 is 0 Å². The number of methoxy groups -OCH3 is 2. The average molecular weight is 406 g/mol. The van der Waals surface area contributed by atoms with Crippen molar-refractivity contribution in [1.29, 1.82) is 0 Å². The Labute approximate surface area is 172 Å². The molecule has 0 atom stereocenters. The van der Waals surface area contributed by atoms with Gasteiger partial charge in [-0.25, -0.2) is 9.18 Å². The van der Waals surface area contributed by atoms with Crippen LogP contribution in [0.2, 0.25) is 0 Å². The molecule has 4 rings (SSSR count). The summed E-state index contributed by atoms with van der Waals surface area (Å²) in [6.45, 7) is 0.201. The normalized spacial score (nSPS) is 10.8. The van der Waals surface area contributed by atoms with Crippen molar-refractivity contribution in [3.63, 3.8) is 0 Å². The van der Waals surface area contributed by atoms with Crippen LogP contribution in [-0.2, 0) is 6.61 Å². The van der Waals surface area contributed by atoms with Crippen LogP contribution < -0.4 is 19.8 Å². The molecular formula is C24H19FO5. The van der Waals surface area contributed by atoms with E-state index in [0.29, 0.717) is 39.5 Å². The van der Waals surface area contributed by atoms with Crippen LogP contribution in [0.25, 0.3) is 22.1 Å². The van der Waals surface area contributed by atoms with Crippen molar-refractivity contribution < 1.29 is 23.0 Å². The van der Waals surface area contributed by atoms with Crippen LogP contribution in [0.3, 0.4) is 0 Å². The number of ether oxygens (including phenoxy) is 3. The van der Waals surface area contributed by atoms with E-state index in [1.807, 2.05) is 0 Å². The van der Waals surface area contributed by atoms with Crippen molar-refractivity contribution in [2.75, 3.05) is 14.2 Å². The molecule has 0 spiro atoms. The number of hydrogen-bond acceptors (Lipinski definition) is 5. The molecule has 1 aromatic heterocycles. The molecule has 152 valence electrons. The molecule has 0 aliphatic heterocycles. The maximum absolute atomic E-state index is 13.3. The lowest BCUT2D eigenvalue weighted by molar-refractivity contribution is 0.305. The van der Waals surface area contributed by atoms with E-state index in [9.17, 15) is 9.18 Å². The molecule has 5 nitrogen and oxygen atoms in total. The summed E-state index contributed by atoms with van der Waals surface area (Å²) in [5.74, 6) is 1.34. The number of hydrogen-bond donors (Lipinski definition) is 0. The van der Waals surface area contributed by atoms with Gasteiger partial charge in [-0.3, -0.25) is 0 Å². The van der Waals surface area contributed by atoms with Gasteiger partial charge in [0.25, 0.3) is 0 Å². The van der Waals surface area contributed by atoms with E-state index in [1.165, 1.54) is 19.2 Å². The highest BCUT2D eigenvalue weighted by Crippen LogP contribution is 2.33. The second kappa shape index (κ2) is 8.29. The third kappa shape index (κ3) is 3.98. The van der Waals surface area contributed by atoms with Crippen LogP contribution >= 0.6 is 0 Å². The van der Waals surface area contributed by atoms with E-state index in [1.54, 1.807) is 61.7 Å². The highest BCUT2D eigenvalue weighted by molar-refractivity contribution is 5.84. The Kier molecular flexibility index (Phi) is 5.39. The minimum atomic E-state index is -0.503. The van der Waals surface area contributed by atoms with Gasteiger partial charge < -0.3 is 18.6 Å². The molecule has 0 radical (unpaired) electrons. The largest absolute Gasteiger partial charge is 0.497 e. The lowest BCUT2D eigenvalue weighted by Gasteiger charge is -2.11. The SMILES string of the molecule is COc1ccc(OC)c(-c2cc3ccc(OCc4cccc(F)c4)cc3oc2=O)c1. The number of benzene rings is 3. The van der Waals surface area contributed by atoms with E-state index in [2.05, 4.69) is 0 Å². The van der Waals surface area contributed by atoms with E-state index in [-0.39, 0.29) is 12.4 Å². The number of rotatable bonds is 6. The Morgan fingerprint density at radius 1 is 0.867 bits per heavy atom. The molecule has 0 bridgehead atoms. The molecule has 0 amide bonds. The summed E-state index contributed by atoms with van der Waals surface area (Å²) in [6, 6.07) is 18.4. The Morgan fingerprint density at radius 2 is 1.70 bits per heavy atom. The Hall–Kier alpha value is -3.80. The van der Waals surface area contributed by atoms with Crippen molar-refractivity contribution in [1.82, 2.24) is 0 Å². The lowest BCUT2D eigenvalue weighted by atomic mass is 10.0. The van der Waals surface area contributed by atoms with Crippen molar-refractivity contribution in [2.24, 2.45) is 0 Å². The topological polar surface area (TPSA) is 57.9 Å². The summed E-state index contributed by atoms with van der Waals surface area (Å²) in [5.41, 5.74) is 1.54. The number of halogens is 1. The zero-order valence-electron chi connectivity index (χ0n) is 16.5. The van der Waals surface area contributed by atoms with Crippen LogP contribution in [0, 0.1) is 5.82 Å². The molecule has 4 aromatic rings. The second-order valence-electron chi connectivity index (χ2n) is 6.63. The molecule has 0 aliphatic rings. The molecular weight excluding hydrogens is 387 g/mol. The van der Waals surface area contributed by atoms with Crippen LogP contribution in [0.15, 0.2) is 75.9 Å². The monoisotopic (exact) mass is 406 g/mol. The van der Waals surface area contributed by atoms with E-state index < -0.39 is 5.63 Å². The minimum Gasteiger partial charge on any atom is -0.497 e. The van der Waals surface area contributed by atoms with Gasteiger partial charge in [0.05, 0.1) is 19.8 Å². The first-order valence-electron chi connectivity index (χ1n) is 9.25. The quantitative estimate of drug-likeness (QED) is 0.412. The average Bonchev–Trinajstić information content (AvgIpc) is 2.76. The van der Waals surface area contributed by atoms with Gasteiger partial charge in [0.1, 0.15) is 35.3 Å². The summed E-state index contributed by atoms with van der Waals surface area (Å²) in [4.78, 5) is 12.7. The summed E-state index contributed by atoms with van der Waals surface area (Å²) < 4.78 is 35.2.